The maximum atomic E-state index is 12.4. The van der Waals surface area contributed by atoms with Gasteiger partial charge in [0.2, 0.25) is 0 Å². The lowest BCUT2D eigenvalue weighted by Gasteiger charge is -2.16. The second-order valence-corrected chi connectivity index (χ2v) is 8.96. The molecule has 1 N–H and O–H groups in total. The largest absolute Gasteiger partial charge is 0.496 e. The molecular weight excluding hydrogens is 394 g/mol. The summed E-state index contributed by atoms with van der Waals surface area (Å²) in [5.74, 6) is 2.26. The Labute approximate surface area is 182 Å². The molecule has 0 radical (unpaired) electrons. The van der Waals surface area contributed by atoms with Gasteiger partial charge in [-0.3, -0.25) is 4.79 Å². The first kappa shape index (κ1) is 21.8. The molecule has 0 aliphatic heterocycles. The van der Waals surface area contributed by atoms with E-state index in [2.05, 4.69) is 19.2 Å². The number of carbonyl (C=O) groups excluding carboxylic acids is 1. The predicted molar refractivity (Wildman–Crippen MR) is 124 cm³/mol. The maximum Gasteiger partial charge on any atom is 0.255 e. The highest BCUT2D eigenvalue weighted by atomic mass is 32.2. The number of hydrogen-bond acceptors (Lipinski definition) is 4. The number of methoxy groups -OCH3 is 1. The van der Waals surface area contributed by atoms with Gasteiger partial charge >= 0.3 is 0 Å². The van der Waals surface area contributed by atoms with Crippen LogP contribution in [-0.4, -0.2) is 18.3 Å². The number of ether oxygens (including phenoxy) is 2. The molecule has 0 aliphatic rings. The average molecular weight is 422 g/mol. The van der Waals surface area contributed by atoms with Crippen LogP contribution in [0.4, 0.5) is 5.69 Å². The molecule has 0 spiro atoms. The van der Waals surface area contributed by atoms with Gasteiger partial charge in [0.05, 0.1) is 12.0 Å². The summed E-state index contributed by atoms with van der Waals surface area (Å²) < 4.78 is 11.7. The van der Waals surface area contributed by atoms with E-state index < -0.39 is 0 Å². The van der Waals surface area contributed by atoms with Gasteiger partial charge in [0.15, 0.2) is 0 Å². The van der Waals surface area contributed by atoms with Gasteiger partial charge < -0.3 is 14.8 Å². The molecule has 5 heteroatoms. The number of rotatable bonds is 7. The van der Waals surface area contributed by atoms with E-state index in [9.17, 15) is 4.79 Å². The Morgan fingerprint density at radius 1 is 0.967 bits per heavy atom. The van der Waals surface area contributed by atoms with E-state index in [4.69, 9.17) is 9.47 Å². The molecule has 30 heavy (non-hydrogen) atoms. The molecule has 156 valence electrons. The number of benzene rings is 3. The molecule has 0 aliphatic carbocycles. The number of nitrogens with one attached hydrogen (secondary N) is 1. The highest BCUT2D eigenvalue weighted by Gasteiger charge is 2.13. The normalized spacial score (nSPS) is 10.7. The molecule has 0 aromatic heterocycles. The summed E-state index contributed by atoms with van der Waals surface area (Å²) in [6, 6.07) is 18.9. The standard InChI is InChI=1S/C25H27NO3S/c1-16(2)30-23-15-21(11-12-22(23)28-5)29-24-17(3)13-20(14-18(24)4)26-25(27)19-9-7-6-8-10-19/h6-16H,1-5H3,(H,26,27). The van der Waals surface area contributed by atoms with Crippen molar-refractivity contribution in [3.63, 3.8) is 0 Å². The summed E-state index contributed by atoms with van der Waals surface area (Å²) in [5.41, 5.74) is 3.28. The lowest BCUT2D eigenvalue weighted by Crippen LogP contribution is -2.12. The van der Waals surface area contributed by atoms with Crippen molar-refractivity contribution in [2.45, 2.75) is 37.8 Å². The predicted octanol–water partition coefficient (Wildman–Crippen LogP) is 6.86. The van der Waals surface area contributed by atoms with Crippen LogP contribution in [0.2, 0.25) is 0 Å². The van der Waals surface area contributed by atoms with E-state index >= 15 is 0 Å². The van der Waals surface area contributed by atoms with Crippen molar-refractivity contribution in [1.82, 2.24) is 0 Å². The Morgan fingerprint density at radius 2 is 1.63 bits per heavy atom. The highest BCUT2D eigenvalue weighted by Crippen LogP contribution is 2.38. The zero-order valence-electron chi connectivity index (χ0n) is 18.0. The fourth-order valence-corrected chi connectivity index (χ4v) is 4.12. The number of thioether (sulfide) groups is 1. The number of anilines is 1. The van der Waals surface area contributed by atoms with Crippen LogP contribution in [0.3, 0.4) is 0 Å². The summed E-state index contributed by atoms with van der Waals surface area (Å²) in [7, 11) is 1.68. The summed E-state index contributed by atoms with van der Waals surface area (Å²) in [6.07, 6.45) is 0. The minimum Gasteiger partial charge on any atom is -0.496 e. The average Bonchev–Trinajstić information content (AvgIpc) is 2.71. The molecule has 0 saturated heterocycles. The van der Waals surface area contributed by atoms with E-state index in [-0.39, 0.29) is 5.91 Å². The van der Waals surface area contributed by atoms with E-state index in [1.54, 1.807) is 31.0 Å². The van der Waals surface area contributed by atoms with Crippen molar-refractivity contribution < 1.29 is 14.3 Å². The Hall–Kier alpha value is -2.92. The van der Waals surface area contributed by atoms with E-state index in [1.165, 1.54) is 0 Å². The van der Waals surface area contributed by atoms with Crippen molar-refractivity contribution in [2.75, 3.05) is 12.4 Å². The van der Waals surface area contributed by atoms with Crippen LogP contribution in [0, 0.1) is 13.8 Å². The van der Waals surface area contributed by atoms with E-state index in [0.29, 0.717) is 10.8 Å². The fraction of sp³-hybridized carbons (Fsp3) is 0.240. The molecule has 0 heterocycles. The van der Waals surface area contributed by atoms with Gasteiger partial charge in [-0.15, -0.1) is 11.8 Å². The molecule has 1 amide bonds. The van der Waals surface area contributed by atoms with Crippen molar-refractivity contribution in [3.8, 4) is 17.2 Å². The number of amides is 1. The first-order chi connectivity index (χ1) is 14.4. The number of carbonyl (C=O) groups is 1. The Kier molecular flexibility index (Phi) is 7.06. The molecule has 3 aromatic rings. The quantitative estimate of drug-likeness (QED) is 0.424. The van der Waals surface area contributed by atoms with Crippen LogP contribution >= 0.6 is 11.8 Å². The smallest absolute Gasteiger partial charge is 0.255 e. The topological polar surface area (TPSA) is 47.6 Å². The van der Waals surface area contributed by atoms with Crippen LogP contribution in [0.25, 0.3) is 0 Å². The second kappa shape index (κ2) is 9.72. The molecule has 0 fully saturated rings. The van der Waals surface area contributed by atoms with E-state index in [1.807, 2.05) is 62.4 Å². The van der Waals surface area contributed by atoms with Gasteiger partial charge in [-0.2, -0.15) is 0 Å². The zero-order valence-corrected chi connectivity index (χ0v) is 18.8. The minimum atomic E-state index is -0.131. The first-order valence-electron chi connectivity index (χ1n) is 9.87. The molecule has 0 unspecified atom stereocenters. The van der Waals surface area contributed by atoms with Crippen molar-refractivity contribution in [1.29, 1.82) is 0 Å². The highest BCUT2D eigenvalue weighted by molar-refractivity contribution is 8.00. The fourth-order valence-electron chi connectivity index (χ4n) is 3.16. The summed E-state index contributed by atoms with van der Waals surface area (Å²) in [6.45, 7) is 8.25. The third-order valence-corrected chi connectivity index (χ3v) is 5.52. The maximum absolute atomic E-state index is 12.4. The van der Waals surface area contributed by atoms with Gasteiger partial charge in [0.25, 0.3) is 5.91 Å². The van der Waals surface area contributed by atoms with Crippen molar-refractivity contribution in [2.24, 2.45) is 0 Å². The molecule has 0 bridgehead atoms. The van der Waals surface area contributed by atoms with Gasteiger partial charge in [-0.05, 0) is 67.4 Å². The molecule has 4 nitrogen and oxygen atoms in total. The summed E-state index contributed by atoms with van der Waals surface area (Å²) in [5, 5.41) is 3.40. The van der Waals surface area contributed by atoms with Gasteiger partial charge in [0.1, 0.15) is 17.2 Å². The lowest BCUT2D eigenvalue weighted by molar-refractivity contribution is 0.102. The Balaban J connectivity index is 1.81. The van der Waals surface area contributed by atoms with Gasteiger partial charge in [-0.1, -0.05) is 32.0 Å². The number of aryl methyl sites for hydroxylation is 2. The number of hydrogen-bond donors (Lipinski definition) is 1. The minimum absolute atomic E-state index is 0.131. The second-order valence-electron chi connectivity index (χ2n) is 7.34. The van der Waals surface area contributed by atoms with Crippen LogP contribution in [-0.2, 0) is 0 Å². The van der Waals surface area contributed by atoms with Gasteiger partial charge in [0, 0.05) is 16.5 Å². The summed E-state index contributed by atoms with van der Waals surface area (Å²) >= 11 is 1.74. The molecule has 0 saturated carbocycles. The zero-order chi connectivity index (χ0) is 21.7. The lowest BCUT2D eigenvalue weighted by atomic mass is 10.1. The molecule has 3 rings (SSSR count). The Morgan fingerprint density at radius 3 is 2.23 bits per heavy atom. The van der Waals surface area contributed by atoms with Crippen LogP contribution in [0.15, 0.2) is 65.6 Å². The molecule has 0 atom stereocenters. The van der Waals surface area contributed by atoms with E-state index in [0.717, 1.165) is 39.0 Å². The monoisotopic (exact) mass is 421 g/mol. The van der Waals surface area contributed by atoms with Crippen LogP contribution < -0.4 is 14.8 Å². The van der Waals surface area contributed by atoms with Crippen LogP contribution in [0.1, 0.15) is 35.3 Å². The summed E-state index contributed by atoms with van der Waals surface area (Å²) in [4.78, 5) is 13.5. The Bertz CT molecular complexity index is 1010. The van der Waals surface area contributed by atoms with Crippen molar-refractivity contribution in [3.05, 3.63) is 77.4 Å². The third kappa shape index (κ3) is 5.36. The van der Waals surface area contributed by atoms with Crippen LogP contribution in [0.5, 0.6) is 17.2 Å². The molecular formula is C25H27NO3S. The molecule has 3 aromatic carbocycles. The van der Waals surface area contributed by atoms with Crippen molar-refractivity contribution >= 4 is 23.4 Å². The third-order valence-electron chi connectivity index (χ3n) is 4.47. The SMILES string of the molecule is COc1ccc(Oc2c(C)cc(NC(=O)c3ccccc3)cc2C)cc1SC(C)C. The first-order valence-corrected chi connectivity index (χ1v) is 10.8. The van der Waals surface area contributed by atoms with Gasteiger partial charge in [-0.25, -0.2) is 0 Å².